The van der Waals surface area contributed by atoms with Gasteiger partial charge in [-0.15, -0.1) is 0 Å². The maximum Gasteiger partial charge on any atom is 0.257 e. The van der Waals surface area contributed by atoms with Crippen molar-refractivity contribution in [2.24, 2.45) is 5.10 Å². The van der Waals surface area contributed by atoms with Gasteiger partial charge in [-0.1, -0.05) is 60.7 Å². The number of hydrazone groups is 1. The summed E-state index contributed by atoms with van der Waals surface area (Å²) < 4.78 is 5.32. The molecule has 6 nitrogen and oxygen atoms in total. The molecule has 6 heteroatoms. The van der Waals surface area contributed by atoms with Crippen molar-refractivity contribution in [1.82, 2.24) is 9.91 Å². The van der Waals surface area contributed by atoms with Crippen LogP contribution in [0.2, 0.25) is 0 Å². The normalized spacial score (nSPS) is 18.6. The van der Waals surface area contributed by atoms with E-state index in [2.05, 4.69) is 46.2 Å². The van der Waals surface area contributed by atoms with Crippen LogP contribution in [0.25, 0.3) is 0 Å². The van der Waals surface area contributed by atoms with Crippen LogP contribution in [-0.2, 0) is 4.79 Å². The first kappa shape index (κ1) is 22.2. The first-order valence-corrected chi connectivity index (χ1v) is 11.8. The molecule has 0 spiro atoms. The molecule has 0 aromatic heterocycles. The Balaban J connectivity index is 1.30. The van der Waals surface area contributed by atoms with Crippen LogP contribution in [0.5, 0.6) is 5.75 Å². The number of anilines is 1. The SMILES string of the molecule is COc1ccc([C@@H]2CC(c3ccccc3)=NN2C(=O)CN2CCN(c3ccccc3)CC2)cc1. The second kappa shape index (κ2) is 10.1. The van der Waals surface area contributed by atoms with Gasteiger partial charge < -0.3 is 9.64 Å². The Labute approximate surface area is 201 Å². The van der Waals surface area contributed by atoms with E-state index >= 15 is 0 Å². The van der Waals surface area contributed by atoms with Crippen molar-refractivity contribution in [1.29, 1.82) is 0 Å². The molecule has 3 aromatic carbocycles. The quantitative estimate of drug-likeness (QED) is 0.560. The fraction of sp³-hybridized carbons (Fsp3) is 0.286. The van der Waals surface area contributed by atoms with Gasteiger partial charge in [0.1, 0.15) is 5.75 Å². The summed E-state index contributed by atoms with van der Waals surface area (Å²) in [6, 6.07) is 28.4. The van der Waals surface area contributed by atoms with Gasteiger partial charge in [0.05, 0.1) is 25.4 Å². The zero-order valence-electron chi connectivity index (χ0n) is 19.5. The maximum absolute atomic E-state index is 13.5. The molecule has 0 saturated carbocycles. The number of rotatable bonds is 6. The molecule has 0 bridgehead atoms. The standard InChI is InChI=1S/C28H30N4O2/c1-34-25-14-12-23(13-15-25)27-20-26(22-8-4-2-5-9-22)29-32(27)28(33)21-30-16-18-31(19-17-30)24-10-6-3-7-11-24/h2-15,27H,16-21H2,1H3/t27-/m0/s1. The summed E-state index contributed by atoms with van der Waals surface area (Å²) >= 11 is 0. The Morgan fingerprint density at radius 3 is 2.18 bits per heavy atom. The third kappa shape index (κ3) is 4.82. The topological polar surface area (TPSA) is 48.4 Å². The number of methoxy groups -OCH3 is 1. The third-order valence-electron chi connectivity index (χ3n) is 6.63. The van der Waals surface area contributed by atoms with Crippen LogP contribution < -0.4 is 9.64 Å². The molecule has 2 aliphatic heterocycles. The number of carbonyl (C=O) groups is 1. The number of para-hydroxylation sites is 1. The molecule has 0 aliphatic carbocycles. The van der Waals surface area contributed by atoms with Crippen molar-refractivity contribution in [2.45, 2.75) is 12.5 Å². The van der Waals surface area contributed by atoms with Crippen molar-refractivity contribution in [3.05, 3.63) is 96.1 Å². The molecule has 5 rings (SSSR count). The number of amides is 1. The molecule has 2 aliphatic rings. The van der Waals surface area contributed by atoms with Crippen molar-refractivity contribution in [3.63, 3.8) is 0 Å². The van der Waals surface area contributed by atoms with Gasteiger partial charge in [0.2, 0.25) is 0 Å². The molecular formula is C28H30N4O2. The summed E-state index contributed by atoms with van der Waals surface area (Å²) in [6.07, 6.45) is 0.698. The van der Waals surface area contributed by atoms with E-state index in [0.717, 1.165) is 48.8 Å². The van der Waals surface area contributed by atoms with Gasteiger partial charge in [0.15, 0.2) is 0 Å². The van der Waals surface area contributed by atoms with Gasteiger partial charge in [-0.2, -0.15) is 5.10 Å². The lowest BCUT2D eigenvalue weighted by Crippen LogP contribution is -2.49. The number of piperazine rings is 1. The Bertz CT molecular complexity index is 1120. The lowest BCUT2D eigenvalue weighted by molar-refractivity contribution is -0.134. The molecule has 1 amide bonds. The van der Waals surface area contributed by atoms with Gasteiger partial charge in [-0.25, -0.2) is 5.01 Å². The Morgan fingerprint density at radius 2 is 1.53 bits per heavy atom. The fourth-order valence-electron chi connectivity index (χ4n) is 4.70. The number of hydrogen-bond donors (Lipinski definition) is 0. The van der Waals surface area contributed by atoms with E-state index in [0.29, 0.717) is 13.0 Å². The Morgan fingerprint density at radius 1 is 0.882 bits per heavy atom. The van der Waals surface area contributed by atoms with Crippen molar-refractivity contribution in [3.8, 4) is 5.75 Å². The Hall–Kier alpha value is -3.64. The smallest absolute Gasteiger partial charge is 0.257 e. The first-order chi connectivity index (χ1) is 16.7. The highest BCUT2D eigenvalue weighted by Gasteiger charge is 2.34. The number of benzene rings is 3. The lowest BCUT2D eigenvalue weighted by Gasteiger charge is -2.36. The van der Waals surface area contributed by atoms with Crippen LogP contribution in [0, 0.1) is 0 Å². The number of nitrogens with zero attached hydrogens (tertiary/aromatic N) is 4. The van der Waals surface area contributed by atoms with Crippen molar-refractivity contribution < 1.29 is 9.53 Å². The summed E-state index contributed by atoms with van der Waals surface area (Å²) in [5, 5.41) is 6.52. The van der Waals surface area contributed by atoms with Crippen LogP contribution in [-0.4, -0.2) is 61.4 Å². The molecule has 0 unspecified atom stereocenters. The highest BCUT2D eigenvalue weighted by Crippen LogP contribution is 2.33. The summed E-state index contributed by atoms with van der Waals surface area (Å²) in [5.74, 6) is 0.847. The third-order valence-corrected chi connectivity index (χ3v) is 6.63. The molecule has 3 aromatic rings. The van der Waals surface area contributed by atoms with Gasteiger partial charge >= 0.3 is 0 Å². The number of carbonyl (C=O) groups excluding carboxylic acids is 1. The highest BCUT2D eigenvalue weighted by atomic mass is 16.5. The monoisotopic (exact) mass is 454 g/mol. The molecule has 2 heterocycles. The van der Waals surface area contributed by atoms with Crippen LogP contribution in [0.4, 0.5) is 5.69 Å². The minimum atomic E-state index is -0.112. The predicted molar refractivity (Wildman–Crippen MR) is 135 cm³/mol. The molecule has 1 saturated heterocycles. The number of hydrogen-bond acceptors (Lipinski definition) is 5. The molecule has 1 fully saturated rings. The molecule has 0 radical (unpaired) electrons. The molecule has 1 atom stereocenters. The minimum absolute atomic E-state index is 0.0416. The summed E-state index contributed by atoms with van der Waals surface area (Å²) in [7, 11) is 1.66. The van der Waals surface area contributed by atoms with E-state index in [-0.39, 0.29) is 11.9 Å². The second-order valence-corrected chi connectivity index (χ2v) is 8.74. The van der Waals surface area contributed by atoms with E-state index in [9.17, 15) is 4.79 Å². The average molecular weight is 455 g/mol. The summed E-state index contributed by atoms with van der Waals surface area (Å²) in [6.45, 7) is 3.92. The van der Waals surface area contributed by atoms with Crippen LogP contribution in [0.1, 0.15) is 23.6 Å². The average Bonchev–Trinajstić information content (AvgIpc) is 3.36. The number of ether oxygens (including phenoxy) is 1. The van der Waals surface area contributed by atoms with Crippen molar-refractivity contribution >= 4 is 17.3 Å². The zero-order valence-corrected chi connectivity index (χ0v) is 19.5. The van der Waals surface area contributed by atoms with Gasteiger partial charge in [0, 0.05) is 38.3 Å². The van der Waals surface area contributed by atoms with Crippen LogP contribution >= 0.6 is 0 Å². The lowest BCUT2D eigenvalue weighted by atomic mass is 9.98. The van der Waals surface area contributed by atoms with Crippen molar-refractivity contribution in [2.75, 3.05) is 44.7 Å². The van der Waals surface area contributed by atoms with E-state index in [1.165, 1.54) is 5.69 Å². The summed E-state index contributed by atoms with van der Waals surface area (Å²) in [4.78, 5) is 18.1. The van der Waals surface area contributed by atoms with E-state index < -0.39 is 0 Å². The molecule has 174 valence electrons. The molecular weight excluding hydrogens is 424 g/mol. The van der Waals surface area contributed by atoms with E-state index in [1.807, 2.05) is 48.5 Å². The van der Waals surface area contributed by atoms with E-state index in [1.54, 1.807) is 12.1 Å². The maximum atomic E-state index is 13.5. The zero-order chi connectivity index (χ0) is 23.3. The van der Waals surface area contributed by atoms with Crippen LogP contribution in [0.15, 0.2) is 90.0 Å². The first-order valence-electron chi connectivity index (χ1n) is 11.8. The Kier molecular flexibility index (Phi) is 6.58. The minimum Gasteiger partial charge on any atom is -0.497 e. The summed E-state index contributed by atoms with van der Waals surface area (Å²) in [5.41, 5.74) is 4.32. The predicted octanol–water partition coefficient (Wildman–Crippen LogP) is 4.20. The molecule has 34 heavy (non-hydrogen) atoms. The van der Waals surface area contributed by atoms with Crippen LogP contribution in [0.3, 0.4) is 0 Å². The van der Waals surface area contributed by atoms with Gasteiger partial charge in [-0.05, 0) is 35.4 Å². The second-order valence-electron chi connectivity index (χ2n) is 8.74. The van der Waals surface area contributed by atoms with E-state index in [4.69, 9.17) is 9.84 Å². The highest BCUT2D eigenvalue weighted by molar-refractivity contribution is 6.03. The van der Waals surface area contributed by atoms with Gasteiger partial charge in [-0.3, -0.25) is 9.69 Å². The largest absolute Gasteiger partial charge is 0.497 e. The van der Waals surface area contributed by atoms with Gasteiger partial charge in [0.25, 0.3) is 5.91 Å². The fourth-order valence-corrected chi connectivity index (χ4v) is 4.70. The molecule has 0 N–H and O–H groups in total.